The fourth-order valence-corrected chi connectivity index (χ4v) is 1.64. The Morgan fingerprint density at radius 1 is 1.15 bits per heavy atom. The van der Waals surface area contributed by atoms with Gasteiger partial charge in [0.1, 0.15) is 5.69 Å². The van der Waals surface area contributed by atoms with Gasteiger partial charge in [-0.1, -0.05) is 0 Å². The largest absolute Gasteiger partial charge is 0.477 e. The van der Waals surface area contributed by atoms with Gasteiger partial charge in [0, 0.05) is 23.1 Å². The maximum Gasteiger partial charge on any atom is 0.354 e. The van der Waals surface area contributed by atoms with Gasteiger partial charge in [0.15, 0.2) is 0 Å². The summed E-state index contributed by atoms with van der Waals surface area (Å²) in [6.45, 7) is 3.58. The Hall–Kier alpha value is -2.83. The number of aromatic carboxylic acids is 1. The van der Waals surface area contributed by atoms with Gasteiger partial charge in [-0.05, 0) is 32.0 Å². The fraction of sp³-hybridized carbons (Fsp3) is 0.154. The number of hydrogen-bond donors (Lipinski definition) is 2. The van der Waals surface area contributed by atoms with Gasteiger partial charge < -0.3 is 5.11 Å². The molecule has 2 heterocycles. The zero-order valence-electron chi connectivity index (χ0n) is 10.9. The first-order chi connectivity index (χ1) is 9.45. The Labute approximate surface area is 114 Å². The van der Waals surface area contributed by atoms with Crippen molar-refractivity contribution in [1.82, 2.24) is 15.0 Å². The number of pyridine rings is 1. The Kier molecular flexibility index (Phi) is 3.69. The molecule has 0 spiro atoms. The minimum atomic E-state index is -1.19. The molecule has 20 heavy (non-hydrogen) atoms. The molecule has 2 rings (SSSR count). The van der Waals surface area contributed by atoms with Gasteiger partial charge in [-0.3, -0.25) is 10.1 Å². The topological polar surface area (TPSA) is 105 Å². The van der Waals surface area contributed by atoms with E-state index in [1.165, 1.54) is 18.3 Å². The fourth-order valence-electron chi connectivity index (χ4n) is 1.64. The molecule has 2 N–H and O–H groups in total. The first kappa shape index (κ1) is 13.6. The number of amides is 1. The molecule has 7 nitrogen and oxygen atoms in total. The maximum absolute atomic E-state index is 12.0. The van der Waals surface area contributed by atoms with Gasteiger partial charge in [-0.25, -0.2) is 19.7 Å². The molecule has 0 saturated heterocycles. The third-order valence-electron chi connectivity index (χ3n) is 2.45. The van der Waals surface area contributed by atoms with Crippen LogP contribution in [0.5, 0.6) is 0 Å². The van der Waals surface area contributed by atoms with Crippen LogP contribution in [0.3, 0.4) is 0 Å². The van der Waals surface area contributed by atoms with Crippen molar-refractivity contribution in [2.75, 3.05) is 5.32 Å². The van der Waals surface area contributed by atoms with Crippen LogP contribution < -0.4 is 5.32 Å². The third kappa shape index (κ3) is 3.14. The molecular weight excluding hydrogens is 260 g/mol. The summed E-state index contributed by atoms with van der Waals surface area (Å²) in [4.78, 5) is 34.6. The first-order valence-electron chi connectivity index (χ1n) is 5.78. The molecule has 0 fully saturated rings. The number of nitrogens with zero attached hydrogens (tertiary/aromatic N) is 3. The lowest BCUT2D eigenvalue weighted by atomic mass is 10.2. The van der Waals surface area contributed by atoms with Crippen LogP contribution >= 0.6 is 0 Å². The predicted molar refractivity (Wildman–Crippen MR) is 70.7 cm³/mol. The summed E-state index contributed by atoms with van der Waals surface area (Å²) >= 11 is 0. The molecule has 0 aliphatic heterocycles. The quantitative estimate of drug-likeness (QED) is 0.875. The maximum atomic E-state index is 12.0. The first-order valence-corrected chi connectivity index (χ1v) is 5.78. The molecule has 0 aliphatic carbocycles. The highest BCUT2D eigenvalue weighted by Gasteiger charge is 2.12. The zero-order valence-corrected chi connectivity index (χ0v) is 10.9. The summed E-state index contributed by atoms with van der Waals surface area (Å²) in [5.41, 5.74) is 1.45. The van der Waals surface area contributed by atoms with Crippen LogP contribution in [0.25, 0.3) is 0 Å². The monoisotopic (exact) mass is 272 g/mol. The van der Waals surface area contributed by atoms with Gasteiger partial charge >= 0.3 is 5.97 Å². The van der Waals surface area contributed by atoms with E-state index in [1.807, 2.05) is 0 Å². The van der Waals surface area contributed by atoms with E-state index in [9.17, 15) is 9.59 Å². The summed E-state index contributed by atoms with van der Waals surface area (Å²) in [6, 6.07) is 4.40. The van der Waals surface area contributed by atoms with Crippen LogP contribution in [0, 0.1) is 13.8 Å². The second-order valence-corrected chi connectivity index (χ2v) is 4.16. The van der Waals surface area contributed by atoms with E-state index in [2.05, 4.69) is 20.3 Å². The van der Waals surface area contributed by atoms with E-state index in [0.29, 0.717) is 0 Å². The summed E-state index contributed by atoms with van der Waals surface area (Å²) in [5, 5.41) is 11.4. The van der Waals surface area contributed by atoms with E-state index in [-0.39, 0.29) is 17.2 Å². The number of anilines is 1. The van der Waals surface area contributed by atoms with Gasteiger partial charge in [0.2, 0.25) is 5.95 Å². The van der Waals surface area contributed by atoms with Crippen molar-refractivity contribution in [2.45, 2.75) is 13.8 Å². The number of carboxylic acids is 1. The molecule has 102 valence electrons. The highest BCUT2D eigenvalue weighted by Crippen LogP contribution is 2.08. The predicted octanol–water partition coefficient (Wildman–Crippen LogP) is 1.44. The molecule has 0 saturated carbocycles. The number of rotatable bonds is 3. The summed E-state index contributed by atoms with van der Waals surface area (Å²) in [5.74, 6) is -1.50. The Balaban J connectivity index is 2.23. The van der Waals surface area contributed by atoms with Crippen molar-refractivity contribution in [2.24, 2.45) is 0 Å². The number of aromatic nitrogens is 3. The van der Waals surface area contributed by atoms with E-state index < -0.39 is 11.9 Å². The van der Waals surface area contributed by atoms with Gasteiger partial charge in [-0.15, -0.1) is 0 Å². The summed E-state index contributed by atoms with van der Waals surface area (Å²) in [7, 11) is 0. The van der Waals surface area contributed by atoms with E-state index in [4.69, 9.17) is 5.11 Å². The van der Waals surface area contributed by atoms with Crippen molar-refractivity contribution in [1.29, 1.82) is 0 Å². The number of carboxylic acid groups (broad SMARTS) is 1. The number of carbonyl (C=O) groups excluding carboxylic acids is 1. The van der Waals surface area contributed by atoms with Crippen LogP contribution in [0.4, 0.5) is 5.95 Å². The number of hydrogen-bond acceptors (Lipinski definition) is 5. The summed E-state index contributed by atoms with van der Waals surface area (Å²) < 4.78 is 0. The molecule has 2 aromatic heterocycles. The van der Waals surface area contributed by atoms with Gasteiger partial charge in [0.05, 0.1) is 0 Å². The van der Waals surface area contributed by atoms with Crippen molar-refractivity contribution >= 4 is 17.8 Å². The molecule has 2 aromatic rings. The van der Waals surface area contributed by atoms with Crippen LogP contribution in [-0.2, 0) is 0 Å². The minimum Gasteiger partial charge on any atom is -0.477 e. The Morgan fingerprint density at radius 2 is 1.80 bits per heavy atom. The molecule has 0 unspecified atom stereocenters. The number of nitrogens with one attached hydrogen (secondary N) is 1. The number of aryl methyl sites for hydroxylation is 2. The summed E-state index contributed by atoms with van der Waals surface area (Å²) in [6.07, 6.45) is 1.26. The smallest absolute Gasteiger partial charge is 0.354 e. The highest BCUT2D eigenvalue weighted by atomic mass is 16.4. The SMILES string of the molecule is Cc1cc(C)nc(NC(=O)c2ccnc(C(=O)O)c2)n1. The lowest BCUT2D eigenvalue weighted by Crippen LogP contribution is -2.16. The van der Waals surface area contributed by atoms with Crippen LogP contribution in [-0.4, -0.2) is 31.9 Å². The van der Waals surface area contributed by atoms with Crippen LogP contribution in [0.15, 0.2) is 24.4 Å². The molecule has 1 amide bonds. The molecular formula is C13H12N4O3. The average molecular weight is 272 g/mol. The molecule has 0 radical (unpaired) electrons. The standard InChI is InChI=1S/C13H12N4O3/c1-7-5-8(2)16-13(15-7)17-11(18)9-3-4-14-10(6-9)12(19)20/h3-6H,1-2H3,(H,19,20)(H,15,16,17,18). The van der Waals surface area contributed by atoms with Crippen molar-refractivity contribution in [3.05, 3.63) is 47.0 Å². The third-order valence-corrected chi connectivity index (χ3v) is 2.45. The van der Waals surface area contributed by atoms with Crippen molar-refractivity contribution < 1.29 is 14.7 Å². The van der Waals surface area contributed by atoms with Crippen molar-refractivity contribution in [3.8, 4) is 0 Å². The second-order valence-electron chi connectivity index (χ2n) is 4.16. The van der Waals surface area contributed by atoms with E-state index in [0.717, 1.165) is 11.4 Å². The second kappa shape index (κ2) is 5.43. The van der Waals surface area contributed by atoms with E-state index in [1.54, 1.807) is 19.9 Å². The van der Waals surface area contributed by atoms with Crippen LogP contribution in [0.2, 0.25) is 0 Å². The van der Waals surface area contributed by atoms with Crippen LogP contribution in [0.1, 0.15) is 32.2 Å². The lowest BCUT2D eigenvalue weighted by Gasteiger charge is -2.05. The Morgan fingerprint density at radius 3 is 2.40 bits per heavy atom. The highest BCUT2D eigenvalue weighted by molar-refractivity contribution is 6.04. The molecule has 0 bridgehead atoms. The zero-order chi connectivity index (χ0) is 14.7. The minimum absolute atomic E-state index is 0.181. The molecule has 7 heteroatoms. The lowest BCUT2D eigenvalue weighted by molar-refractivity contribution is 0.0690. The molecule has 0 aromatic carbocycles. The van der Waals surface area contributed by atoms with Gasteiger partial charge in [0.25, 0.3) is 5.91 Å². The number of carbonyl (C=O) groups is 2. The molecule has 0 aliphatic rings. The van der Waals surface area contributed by atoms with E-state index >= 15 is 0 Å². The van der Waals surface area contributed by atoms with Gasteiger partial charge in [-0.2, -0.15) is 0 Å². The normalized spacial score (nSPS) is 10.1. The molecule has 0 atom stereocenters. The van der Waals surface area contributed by atoms with Crippen molar-refractivity contribution in [3.63, 3.8) is 0 Å². The average Bonchev–Trinajstić information content (AvgIpc) is 2.37. The Bertz CT molecular complexity index is 665.